The van der Waals surface area contributed by atoms with E-state index in [0.29, 0.717) is 12.8 Å². The molecule has 1 heterocycles. The van der Waals surface area contributed by atoms with Crippen LogP contribution in [0.5, 0.6) is 0 Å². The summed E-state index contributed by atoms with van der Waals surface area (Å²) < 4.78 is 10.0. The van der Waals surface area contributed by atoms with Crippen LogP contribution in [0, 0.1) is 17.3 Å². The maximum absolute atomic E-state index is 11.6. The van der Waals surface area contributed by atoms with Crippen molar-refractivity contribution in [3.8, 4) is 0 Å². The molecular formula is C10H12O4. The van der Waals surface area contributed by atoms with Crippen molar-refractivity contribution < 1.29 is 19.1 Å². The third-order valence-electron chi connectivity index (χ3n) is 4.01. The van der Waals surface area contributed by atoms with Crippen molar-refractivity contribution in [3.05, 3.63) is 0 Å². The Bertz CT molecular complexity index is 320. The predicted molar refractivity (Wildman–Crippen MR) is 45.2 cm³/mol. The fourth-order valence-corrected chi connectivity index (χ4v) is 3.43. The maximum Gasteiger partial charge on any atom is 0.311 e. The average molecular weight is 196 g/mol. The molecule has 4 atom stereocenters. The van der Waals surface area contributed by atoms with E-state index in [1.165, 1.54) is 7.11 Å². The van der Waals surface area contributed by atoms with Crippen molar-refractivity contribution in [1.29, 1.82) is 0 Å². The Morgan fingerprint density at radius 3 is 2.86 bits per heavy atom. The monoisotopic (exact) mass is 196 g/mol. The van der Waals surface area contributed by atoms with E-state index in [2.05, 4.69) is 0 Å². The summed E-state index contributed by atoms with van der Waals surface area (Å²) in [5.74, 6) is -0.0245. The molecule has 14 heavy (non-hydrogen) atoms. The Morgan fingerprint density at radius 1 is 1.50 bits per heavy atom. The van der Waals surface area contributed by atoms with Gasteiger partial charge in [0.15, 0.2) is 0 Å². The van der Waals surface area contributed by atoms with Crippen molar-refractivity contribution in [2.24, 2.45) is 17.3 Å². The van der Waals surface area contributed by atoms with Crippen LogP contribution in [0.15, 0.2) is 0 Å². The highest BCUT2D eigenvalue weighted by Crippen LogP contribution is 2.61. The molecule has 1 saturated heterocycles. The van der Waals surface area contributed by atoms with Gasteiger partial charge in [0, 0.05) is 12.3 Å². The van der Waals surface area contributed by atoms with Crippen LogP contribution >= 0.6 is 0 Å². The summed E-state index contributed by atoms with van der Waals surface area (Å²) in [6, 6.07) is 0. The molecule has 0 aromatic rings. The molecule has 4 heteroatoms. The van der Waals surface area contributed by atoms with Crippen molar-refractivity contribution in [2.75, 3.05) is 7.11 Å². The van der Waals surface area contributed by atoms with Crippen molar-refractivity contribution in [1.82, 2.24) is 0 Å². The van der Waals surface area contributed by atoms with E-state index in [0.717, 1.165) is 6.42 Å². The first-order valence-electron chi connectivity index (χ1n) is 4.95. The molecule has 0 aromatic heterocycles. The first-order valence-corrected chi connectivity index (χ1v) is 4.95. The van der Waals surface area contributed by atoms with E-state index < -0.39 is 5.41 Å². The molecule has 0 spiro atoms. The van der Waals surface area contributed by atoms with Crippen LogP contribution < -0.4 is 0 Å². The van der Waals surface area contributed by atoms with Gasteiger partial charge in [0.25, 0.3) is 0 Å². The van der Waals surface area contributed by atoms with Crippen LogP contribution in [0.25, 0.3) is 0 Å². The van der Waals surface area contributed by atoms with Gasteiger partial charge in [-0.05, 0) is 12.8 Å². The lowest BCUT2D eigenvalue weighted by molar-refractivity contribution is -0.152. The second kappa shape index (κ2) is 2.30. The molecule has 3 fully saturated rings. The highest BCUT2D eigenvalue weighted by molar-refractivity contribution is 5.84. The van der Waals surface area contributed by atoms with Gasteiger partial charge >= 0.3 is 11.9 Å². The summed E-state index contributed by atoms with van der Waals surface area (Å²) in [7, 11) is 1.41. The number of fused-ring (bicyclic) bond motifs is 1. The first kappa shape index (κ1) is 8.26. The quantitative estimate of drug-likeness (QED) is 0.573. The van der Waals surface area contributed by atoms with Crippen molar-refractivity contribution in [3.63, 3.8) is 0 Å². The highest BCUT2D eigenvalue weighted by atomic mass is 16.6. The molecular weight excluding hydrogens is 184 g/mol. The Kier molecular flexibility index (Phi) is 1.36. The molecule has 2 bridgehead atoms. The lowest BCUT2D eigenvalue weighted by atomic mass is 9.80. The van der Waals surface area contributed by atoms with Gasteiger partial charge in [-0.25, -0.2) is 0 Å². The van der Waals surface area contributed by atoms with Gasteiger partial charge in [-0.1, -0.05) is 0 Å². The summed E-state index contributed by atoms with van der Waals surface area (Å²) in [6.07, 6.45) is 2.08. The SMILES string of the molecule is COC(=O)C12CC3OC(=O)C(C1)C3C2. The second-order valence-electron chi connectivity index (χ2n) is 4.63. The molecule has 2 saturated carbocycles. The molecule has 0 aromatic carbocycles. The van der Waals surface area contributed by atoms with E-state index in [1.54, 1.807) is 0 Å². The lowest BCUT2D eigenvalue weighted by Gasteiger charge is -2.23. The van der Waals surface area contributed by atoms with E-state index in [-0.39, 0.29) is 29.9 Å². The number of esters is 2. The molecule has 3 aliphatic rings. The number of hydrogen-bond acceptors (Lipinski definition) is 4. The third kappa shape index (κ3) is 0.751. The molecule has 76 valence electrons. The van der Waals surface area contributed by atoms with Gasteiger partial charge in [0.2, 0.25) is 0 Å². The zero-order chi connectivity index (χ0) is 9.92. The van der Waals surface area contributed by atoms with Gasteiger partial charge < -0.3 is 9.47 Å². The molecule has 0 amide bonds. The van der Waals surface area contributed by atoms with Crippen molar-refractivity contribution >= 4 is 11.9 Å². The summed E-state index contributed by atoms with van der Waals surface area (Å²) in [4.78, 5) is 23.0. The van der Waals surface area contributed by atoms with E-state index in [4.69, 9.17) is 9.47 Å². The number of methoxy groups -OCH3 is 1. The van der Waals surface area contributed by atoms with Gasteiger partial charge in [-0.15, -0.1) is 0 Å². The summed E-state index contributed by atoms with van der Waals surface area (Å²) in [6.45, 7) is 0. The lowest BCUT2D eigenvalue weighted by Crippen LogP contribution is -2.31. The first-order chi connectivity index (χ1) is 6.66. The van der Waals surface area contributed by atoms with E-state index in [9.17, 15) is 9.59 Å². The second-order valence-corrected chi connectivity index (χ2v) is 4.63. The normalized spacial score (nSPS) is 48.1. The molecule has 4 unspecified atom stereocenters. The Balaban J connectivity index is 1.95. The highest BCUT2D eigenvalue weighted by Gasteiger charge is 2.66. The smallest absolute Gasteiger partial charge is 0.311 e. The van der Waals surface area contributed by atoms with Crippen LogP contribution in [0.3, 0.4) is 0 Å². The number of carbonyl (C=O) groups excluding carboxylic acids is 2. The van der Waals surface area contributed by atoms with Gasteiger partial charge in [0.1, 0.15) is 6.10 Å². The summed E-state index contributed by atoms with van der Waals surface area (Å²) >= 11 is 0. The Labute approximate surface area is 81.6 Å². The minimum Gasteiger partial charge on any atom is -0.469 e. The average Bonchev–Trinajstić information content (AvgIpc) is 2.74. The maximum atomic E-state index is 11.6. The van der Waals surface area contributed by atoms with E-state index >= 15 is 0 Å². The van der Waals surface area contributed by atoms with Crippen LogP contribution in [-0.2, 0) is 19.1 Å². The molecule has 0 N–H and O–H groups in total. The molecule has 4 nitrogen and oxygen atoms in total. The van der Waals surface area contributed by atoms with Gasteiger partial charge in [-0.3, -0.25) is 9.59 Å². The predicted octanol–water partition coefficient (Wildman–Crippen LogP) is 0.501. The standard InChI is InChI=1S/C10H12O4/c1-13-9(12)10-2-5-6(3-10)8(11)14-7(5)4-10/h5-7H,2-4H2,1H3. The fraction of sp³-hybridized carbons (Fsp3) is 0.800. The molecule has 0 radical (unpaired) electrons. The molecule has 2 aliphatic carbocycles. The Hall–Kier alpha value is -1.06. The zero-order valence-electron chi connectivity index (χ0n) is 7.99. The van der Waals surface area contributed by atoms with Crippen LogP contribution in [0.4, 0.5) is 0 Å². The van der Waals surface area contributed by atoms with Gasteiger partial charge in [0.05, 0.1) is 18.4 Å². The van der Waals surface area contributed by atoms with E-state index in [1.807, 2.05) is 0 Å². The third-order valence-corrected chi connectivity index (χ3v) is 4.01. The van der Waals surface area contributed by atoms with Crippen LogP contribution in [0.2, 0.25) is 0 Å². The minimum absolute atomic E-state index is 0.0136. The zero-order valence-corrected chi connectivity index (χ0v) is 7.99. The van der Waals surface area contributed by atoms with Crippen LogP contribution in [-0.4, -0.2) is 25.2 Å². The fourth-order valence-electron chi connectivity index (χ4n) is 3.43. The largest absolute Gasteiger partial charge is 0.469 e. The number of hydrogen-bond donors (Lipinski definition) is 0. The molecule has 1 aliphatic heterocycles. The Morgan fingerprint density at radius 2 is 2.29 bits per heavy atom. The molecule has 3 rings (SSSR count). The van der Waals surface area contributed by atoms with Crippen LogP contribution in [0.1, 0.15) is 19.3 Å². The van der Waals surface area contributed by atoms with Gasteiger partial charge in [-0.2, -0.15) is 0 Å². The summed E-state index contributed by atoms with van der Waals surface area (Å²) in [5, 5.41) is 0. The number of carbonyl (C=O) groups is 2. The number of ether oxygens (including phenoxy) is 2. The topological polar surface area (TPSA) is 52.6 Å². The summed E-state index contributed by atoms with van der Waals surface area (Å²) in [5.41, 5.74) is -0.402. The number of rotatable bonds is 1. The van der Waals surface area contributed by atoms with Crippen molar-refractivity contribution in [2.45, 2.75) is 25.4 Å². The minimum atomic E-state index is -0.402.